The van der Waals surface area contributed by atoms with Crippen LogP contribution in [0.5, 0.6) is 0 Å². The zero-order chi connectivity index (χ0) is 17.6. The van der Waals surface area contributed by atoms with E-state index in [9.17, 15) is 18.1 Å². The molecule has 0 saturated carbocycles. The van der Waals surface area contributed by atoms with Crippen LogP contribution < -0.4 is 51.4 Å². The van der Waals surface area contributed by atoms with Crippen LogP contribution in [0, 0.1) is 0 Å². The minimum Gasteiger partial charge on any atom is -0.748 e. The minimum atomic E-state index is -4.12. The average molecular weight is 389 g/mol. The van der Waals surface area contributed by atoms with Gasteiger partial charge in [-0.15, -0.1) is 0 Å². The molecule has 0 spiro atoms. The van der Waals surface area contributed by atoms with Gasteiger partial charge in [0.2, 0.25) is 0 Å². The molecule has 0 heterocycles. The van der Waals surface area contributed by atoms with Crippen LogP contribution in [0.1, 0.15) is 104 Å². The second kappa shape index (κ2) is 17.9. The fourth-order valence-electron chi connectivity index (χ4n) is 3.05. The number of aliphatic hydroxyl groups excluding tert-OH is 1. The van der Waals surface area contributed by atoms with Crippen LogP contribution in [0.25, 0.3) is 0 Å². The Morgan fingerprint density at radius 2 is 1.17 bits per heavy atom. The van der Waals surface area contributed by atoms with Crippen LogP contribution in [0.4, 0.5) is 0 Å². The summed E-state index contributed by atoms with van der Waals surface area (Å²) in [5.41, 5.74) is 0. The molecule has 2 unspecified atom stereocenters. The summed E-state index contributed by atoms with van der Waals surface area (Å²) in [5, 5.41) is 8.95. The summed E-state index contributed by atoms with van der Waals surface area (Å²) in [6, 6.07) is 0. The van der Waals surface area contributed by atoms with Crippen molar-refractivity contribution in [3.05, 3.63) is 0 Å². The van der Waals surface area contributed by atoms with Crippen molar-refractivity contribution in [3.8, 4) is 0 Å². The van der Waals surface area contributed by atoms with E-state index in [1.807, 2.05) is 6.92 Å². The largest absolute Gasteiger partial charge is 1.00 e. The fourth-order valence-corrected chi connectivity index (χ4v) is 4.02. The first-order valence-corrected chi connectivity index (χ1v) is 11.0. The van der Waals surface area contributed by atoms with Crippen molar-refractivity contribution in [2.75, 3.05) is 0 Å². The molecule has 0 aromatic heterocycles. The topological polar surface area (TPSA) is 77.4 Å². The van der Waals surface area contributed by atoms with Gasteiger partial charge in [0.15, 0.2) is 0 Å². The van der Waals surface area contributed by atoms with E-state index in [0.29, 0.717) is 12.8 Å². The number of hydrogen-bond acceptors (Lipinski definition) is 4. The SMILES string of the molecule is CCCC(O)CCCCCCCCCCC(CCC)S(=O)(=O)[O-].[K+]. The van der Waals surface area contributed by atoms with E-state index >= 15 is 0 Å². The maximum Gasteiger partial charge on any atom is 1.00 e. The second-order valence-corrected chi connectivity index (χ2v) is 8.40. The molecule has 0 aliphatic heterocycles. The molecule has 0 aliphatic rings. The van der Waals surface area contributed by atoms with Gasteiger partial charge >= 0.3 is 51.4 Å². The number of rotatable bonds is 16. The molecule has 140 valence electrons. The fraction of sp³-hybridized carbons (Fsp3) is 1.00. The zero-order valence-electron chi connectivity index (χ0n) is 16.1. The van der Waals surface area contributed by atoms with Gasteiger partial charge in [0.1, 0.15) is 0 Å². The molecule has 0 bridgehead atoms. The van der Waals surface area contributed by atoms with Gasteiger partial charge in [0.05, 0.1) is 16.2 Å². The molecule has 0 aliphatic carbocycles. The standard InChI is InChI=1S/C18H38O4S.K/c1-3-13-17(19)15-11-9-7-5-6-8-10-12-16-18(14-4-2)23(20,21)22;/h17-19H,3-16H2,1-2H3,(H,20,21,22);/q;+1/p-1. The van der Waals surface area contributed by atoms with Gasteiger partial charge in [-0.25, -0.2) is 8.42 Å². The normalized spacial score (nSPS) is 14.2. The van der Waals surface area contributed by atoms with Crippen molar-refractivity contribution in [1.29, 1.82) is 0 Å². The minimum absolute atomic E-state index is 0. The summed E-state index contributed by atoms with van der Waals surface area (Å²) in [5.74, 6) is 0. The molecular weight excluding hydrogens is 351 g/mol. The zero-order valence-corrected chi connectivity index (χ0v) is 20.1. The molecule has 0 radical (unpaired) electrons. The van der Waals surface area contributed by atoms with Crippen molar-refractivity contribution < 1.29 is 69.5 Å². The first-order chi connectivity index (χ1) is 10.9. The van der Waals surface area contributed by atoms with Crippen molar-refractivity contribution in [2.24, 2.45) is 0 Å². The van der Waals surface area contributed by atoms with Crippen molar-refractivity contribution >= 4 is 10.1 Å². The first kappa shape index (κ1) is 27.7. The third kappa shape index (κ3) is 16.9. The Bertz CT molecular complexity index is 360. The molecule has 4 nitrogen and oxygen atoms in total. The number of hydrogen-bond donors (Lipinski definition) is 1. The van der Waals surface area contributed by atoms with Gasteiger partial charge in [-0.2, -0.15) is 0 Å². The molecule has 1 N–H and O–H groups in total. The van der Waals surface area contributed by atoms with Gasteiger partial charge in [-0.05, 0) is 25.7 Å². The summed E-state index contributed by atoms with van der Waals surface area (Å²) in [6.07, 6.45) is 13.4. The predicted molar refractivity (Wildman–Crippen MR) is 95.5 cm³/mol. The van der Waals surface area contributed by atoms with Crippen LogP contribution in [-0.4, -0.2) is 29.4 Å². The van der Waals surface area contributed by atoms with E-state index in [-0.39, 0.29) is 57.5 Å². The molecule has 0 amide bonds. The molecule has 0 rings (SSSR count). The number of aliphatic hydroxyl groups is 1. The third-order valence-electron chi connectivity index (χ3n) is 4.45. The molecule has 0 saturated heterocycles. The quantitative estimate of drug-likeness (QED) is 0.248. The molecule has 6 heteroatoms. The van der Waals surface area contributed by atoms with Crippen LogP contribution >= 0.6 is 0 Å². The summed E-state index contributed by atoms with van der Waals surface area (Å²) < 4.78 is 33.3. The van der Waals surface area contributed by atoms with Crippen molar-refractivity contribution in [2.45, 2.75) is 115 Å². The van der Waals surface area contributed by atoms with Crippen LogP contribution in [0.2, 0.25) is 0 Å². The van der Waals surface area contributed by atoms with Gasteiger partial charge < -0.3 is 9.66 Å². The van der Waals surface area contributed by atoms with Gasteiger partial charge in [0.25, 0.3) is 0 Å². The average Bonchev–Trinajstić information content (AvgIpc) is 2.47. The smallest absolute Gasteiger partial charge is 0.748 e. The van der Waals surface area contributed by atoms with Gasteiger partial charge in [0, 0.05) is 5.25 Å². The Morgan fingerprint density at radius 1 is 0.750 bits per heavy atom. The third-order valence-corrected chi connectivity index (χ3v) is 5.74. The predicted octanol–water partition coefficient (Wildman–Crippen LogP) is 1.77. The van der Waals surface area contributed by atoms with E-state index in [1.165, 1.54) is 25.7 Å². The Kier molecular flexibility index (Phi) is 20.7. The van der Waals surface area contributed by atoms with Crippen molar-refractivity contribution in [1.82, 2.24) is 0 Å². The Hall–Kier alpha value is 1.51. The Labute approximate surface area is 192 Å². The molecule has 24 heavy (non-hydrogen) atoms. The van der Waals surface area contributed by atoms with Crippen LogP contribution in [0.15, 0.2) is 0 Å². The molecular formula is C18H37KO4S. The maximum atomic E-state index is 11.1. The summed E-state index contributed by atoms with van der Waals surface area (Å²) in [6.45, 7) is 4.01. The van der Waals surface area contributed by atoms with Gasteiger partial charge in [-0.1, -0.05) is 78.1 Å². The Morgan fingerprint density at radius 3 is 1.58 bits per heavy atom. The van der Waals surface area contributed by atoms with E-state index in [2.05, 4.69) is 6.92 Å². The van der Waals surface area contributed by atoms with E-state index in [1.54, 1.807) is 0 Å². The number of unbranched alkanes of at least 4 members (excludes halogenated alkanes) is 7. The summed E-state index contributed by atoms with van der Waals surface area (Å²) >= 11 is 0. The van der Waals surface area contributed by atoms with E-state index in [0.717, 1.165) is 51.4 Å². The maximum absolute atomic E-state index is 11.1. The van der Waals surface area contributed by atoms with E-state index in [4.69, 9.17) is 0 Å². The molecule has 0 fully saturated rings. The second-order valence-electron chi connectivity index (χ2n) is 6.75. The van der Waals surface area contributed by atoms with Crippen LogP contribution in [-0.2, 0) is 10.1 Å². The molecule has 2 atom stereocenters. The summed E-state index contributed by atoms with van der Waals surface area (Å²) in [7, 11) is -4.12. The van der Waals surface area contributed by atoms with E-state index < -0.39 is 15.4 Å². The Balaban J connectivity index is 0. The summed E-state index contributed by atoms with van der Waals surface area (Å²) in [4.78, 5) is 0. The molecule has 0 aromatic rings. The van der Waals surface area contributed by atoms with Gasteiger partial charge in [-0.3, -0.25) is 0 Å². The molecule has 0 aromatic carbocycles. The van der Waals surface area contributed by atoms with Crippen LogP contribution in [0.3, 0.4) is 0 Å². The monoisotopic (exact) mass is 388 g/mol. The first-order valence-electron chi connectivity index (χ1n) is 9.54. The van der Waals surface area contributed by atoms with Crippen molar-refractivity contribution in [3.63, 3.8) is 0 Å².